The van der Waals surface area contributed by atoms with Gasteiger partial charge in [0.25, 0.3) is 0 Å². The van der Waals surface area contributed by atoms with Crippen molar-refractivity contribution in [2.24, 2.45) is 5.41 Å². The van der Waals surface area contributed by atoms with Gasteiger partial charge in [-0.2, -0.15) is 13.2 Å². The lowest BCUT2D eigenvalue weighted by atomic mass is 9.86. The summed E-state index contributed by atoms with van der Waals surface area (Å²) in [6, 6.07) is 3.51. The lowest BCUT2D eigenvalue weighted by molar-refractivity contribution is -0.227. The zero-order valence-electron chi connectivity index (χ0n) is 13.7. The SMILES string of the molecule is Cc1ccc(-c2nc(CC(=O)N3CCC(C(=O)O)(C(F)(F)F)C3)cs2)o1. The van der Waals surface area contributed by atoms with Crippen molar-refractivity contribution in [2.45, 2.75) is 25.9 Å². The molecule has 2 aromatic heterocycles. The highest BCUT2D eigenvalue weighted by molar-refractivity contribution is 7.13. The summed E-state index contributed by atoms with van der Waals surface area (Å²) in [6.07, 6.45) is -5.76. The highest BCUT2D eigenvalue weighted by Crippen LogP contribution is 2.45. The van der Waals surface area contributed by atoms with E-state index in [-0.39, 0.29) is 13.0 Å². The van der Waals surface area contributed by atoms with E-state index in [2.05, 4.69) is 4.98 Å². The summed E-state index contributed by atoms with van der Waals surface area (Å²) in [5, 5.41) is 11.2. The van der Waals surface area contributed by atoms with Gasteiger partial charge in [-0.25, -0.2) is 4.98 Å². The second-order valence-electron chi connectivity index (χ2n) is 6.18. The molecule has 10 heteroatoms. The number of aliphatic carboxylic acids is 1. The predicted octanol–water partition coefficient (Wildman–Crippen LogP) is 3.12. The van der Waals surface area contributed by atoms with Crippen LogP contribution in [0.4, 0.5) is 13.2 Å². The van der Waals surface area contributed by atoms with Gasteiger partial charge < -0.3 is 14.4 Å². The Morgan fingerprint density at radius 1 is 1.42 bits per heavy atom. The van der Waals surface area contributed by atoms with Crippen molar-refractivity contribution >= 4 is 23.2 Å². The van der Waals surface area contributed by atoms with Crippen LogP contribution in [-0.2, 0) is 16.0 Å². The average Bonchev–Trinajstić information content (AvgIpc) is 3.24. The third-order valence-electron chi connectivity index (χ3n) is 4.41. The molecular weight excluding hydrogens is 373 g/mol. The summed E-state index contributed by atoms with van der Waals surface area (Å²) in [5.41, 5.74) is -2.49. The standard InChI is InChI=1S/C16H15F3N2O4S/c1-9-2-3-11(25-9)13-20-10(7-26-13)6-12(22)21-5-4-15(8-21,14(23)24)16(17,18)19/h2-3,7H,4-6,8H2,1H3,(H,23,24). The second-order valence-corrected chi connectivity index (χ2v) is 7.04. The molecule has 140 valence electrons. The molecular formula is C16H15F3N2O4S. The van der Waals surface area contributed by atoms with Crippen LogP contribution >= 0.6 is 11.3 Å². The molecule has 1 unspecified atom stereocenters. The normalized spacial score (nSPS) is 20.5. The third-order valence-corrected chi connectivity index (χ3v) is 5.31. The van der Waals surface area contributed by atoms with Crippen LogP contribution in [0, 0.1) is 12.3 Å². The number of carboxylic acids is 1. The van der Waals surface area contributed by atoms with Crippen LogP contribution in [0.3, 0.4) is 0 Å². The molecule has 1 saturated heterocycles. The monoisotopic (exact) mass is 388 g/mol. The van der Waals surface area contributed by atoms with E-state index in [1.807, 2.05) is 0 Å². The van der Waals surface area contributed by atoms with E-state index >= 15 is 0 Å². The fourth-order valence-corrected chi connectivity index (χ4v) is 3.65. The van der Waals surface area contributed by atoms with Gasteiger partial charge >= 0.3 is 12.1 Å². The first-order chi connectivity index (χ1) is 12.1. The molecule has 0 saturated carbocycles. The zero-order chi connectivity index (χ0) is 19.1. The number of carbonyl (C=O) groups is 2. The first-order valence-corrected chi connectivity index (χ1v) is 8.59. The van der Waals surface area contributed by atoms with Crippen molar-refractivity contribution < 1.29 is 32.3 Å². The van der Waals surface area contributed by atoms with Crippen molar-refractivity contribution in [3.63, 3.8) is 0 Å². The molecule has 0 aliphatic carbocycles. The Morgan fingerprint density at radius 3 is 2.69 bits per heavy atom. The first kappa shape index (κ1) is 18.4. The summed E-state index contributed by atoms with van der Waals surface area (Å²) < 4.78 is 45.0. The molecule has 3 rings (SSSR count). The quantitative estimate of drug-likeness (QED) is 0.870. The van der Waals surface area contributed by atoms with Gasteiger partial charge in [-0.1, -0.05) is 0 Å². The van der Waals surface area contributed by atoms with E-state index in [4.69, 9.17) is 9.52 Å². The summed E-state index contributed by atoms with van der Waals surface area (Å²) >= 11 is 1.26. The van der Waals surface area contributed by atoms with E-state index in [9.17, 15) is 22.8 Å². The minimum atomic E-state index is -4.92. The highest BCUT2D eigenvalue weighted by Gasteiger charge is 2.64. The van der Waals surface area contributed by atoms with Gasteiger partial charge in [0, 0.05) is 18.5 Å². The van der Waals surface area contributed by atoms with Gasteiger partial charge in [-0.3, -0.25) is 9.59 Å². The molecule has 1 fully saturated rings. The van der Waals surface area contributed by atoms with Crippen LogP contribution in [0.15, 0.2) is 21.9 Å². The molecule has 1 aliphatic heterocycles. The minimum absolute atomic E-state index is 0.191. The van der Waals surface area contributed by atoms with Gasteiger partial charge in [0.15, 0.2) is 16.2 Å². The van der Waals surface area contributed by atoms with Gasteiger partial charge in [0.2, 0.25) is 5.91 Å². The molecule has 2 aromatic rings. The van der Waals surface area contributed by atoms with E-state index in [0.717, 1.165) is 4.90 Å². The summed E-state index contributed by atoms with van der Waals surface area (Å²) in [7, 11) is 0. The maximum Gasteiger partial charge on any atom is 0.406 e. The molecule has 0 radical (unpaired) electrons. The van der Waals surface area contributed by atoms with E-state index in [1.165, 1.54) is 11.3 Å². The number of hydrogen-bond donors (Lipinski definition) is 1. The largest absolute Gasteiger partial charge is 0.481 e. The fourth-order valence-electron chi connectivity index (χ4n) is 2.87. The van der Waals surface area contributed by atoms with Crippen LogP contribution < -0.4 is 0 Å². The second kappa shape index (κ2) is 6.42. The molecule has 6 nitrogen and oxygen atoms in total. The van der Waals surface area contributed by atoms with Crippen molar-refractivity contribution in [3.05, 3.63) is 29.0 Å². The maximum atomic E-state index is 13.2. The number of hydrogen-bond acceptors (Lipinski definition) is 5. The number of carboxylic acid groups (broad SMARTS) is 1. The lowest BCUT2D eigenvalue weighted by Crippen LogP contribution is -2.47. The number of furan rings is 1. The van der Waals surface area contributed by atoms with Crippen LogP contribution in [0.5, 0.6) is 0 Å². The third kappa shape index (κ3) is 3.20. The Kier molecular flexibility index (Phi) is 4.55. The Labute approximate surface area is 150 Å². The molecule has 0 aromatic carbocycles. The molecule has 1 aliphatic rings. The van der Waals surface area contributed by atoms with E-state index < -0.39 is 36.4 Å². The molecule has 3 heterocycles. The number of carbonyl (C=O) groups excluding carboxylic acids is 1. The van der Waals surface area contributed by atoms with Crippen LogP contribution in [-0.4, -0.2) is 46.1 Å². The van der Waals surface area contributed by atoms with Crippen LogP contribution in [0.1, 0.15) is 17.9 Å². The summed E-state index contributed by atoms with van der Waals surface area (Å²) in [5.74, 6) is -1.27. The zero-order valence-corrected chi connectivity index (χ0v) is 14.5. The number of nitrogens with zero attached hydrogens (tertiary/aromatic N) is 2. The van der Waals surface area contributed by atoms with Crippen LogP contribution in [0.25, 0.3) is 10.8 Å². The van der Waals surface area contributed by atoms with Gasteiger partial charge in [-0.05, 0) is 25.5 Å². The number of halogens is 3. The van der Waals surface area contributed by atoms with Crippen molar-refractivity contribution in [2.75, 3.05) is 13.1 Å². The highest BCUT2D eigenvalue weighted by atomic mass is 32.1. The number of rotatable bonds is 4. The lowest BCUT2D eigenvalue weighted by Gasteiger charge is -2.27. The average molecular weight is 388 g/mol. The molecule has 1 amide bonds. The summed E-state index contributed by atoms with van der Waals surface area (Å²) in [6.45, 7) is 0.655. The molecule has 26 heavy (non-hydrogen) atoms. The number of alkyl halides is 3. The smallest absolute Gasteiger partial charge is 0.406 e. The number of thiazole rings is 1. The number of likely N-dealkylation sites (tertiary alicyclic amines) is 1. The number of aromatic nitrogens is 1. The van der Waals surface area contributed by atoms with E-state index in [0.29, 0.717) is 22.2 Å². The molecule has 0 spiro atoms. The van der Waals surface area contributed by atoms with Gasteiger partial charge in [0.1, 0.15) is 5.76 Å². The van der Waals surface area contributed by atoms with Crippen LogP contribution in [0.2, 0.25) is 0 Å². The summed E-state index contributed by atoms with van der Waals surface area (Å²) in [4.78, 5) is 28.7. The molecule has 1 atom stereocenters. The molecule has 0 bridgehead atoms. The van der Waals surface area contributed by atoms with Gasteiger partial charge in [-0.15, -0.1) is 11.3 Å². The minimum Gasteiger partial charge on any atom is -0.481 e. The first-order valence-electron chi connectivity index (χ1n) is 7.71. The topological polar surface area (TPSA) is 83.6 Å². The Hall–Kier alpha value is -2.36. The Balaban J connectivity index is 1.70. The Morgan fingerprint density at radius 2 is 2.15 bits per heavy atom. The fraction of sp³-hybridized carbons (Fsp3) is 0.438. The Bertz CT molecular complexity index is 845. The number of aryl methyl sites for hydroxylation is 1. The predicted molar refractivity (Wildman–Crippen MR) is 85.6 cm³/mol. The van der Waals surface area contributed by atoms with Crippen molar-refractivity contribution in [1.82, 2.24) is 9.88 Å². The van der Waals surface area contributed by atoms with Gasteiger partial charge in [0.05, 0.1) is 12.1 Å². The van der Waals surface area contributed by atoms with E-state index in [1.54, 1.807) is 24.4 Å². The number of amides is 1. The van der Waals surface area contributed by atoms with Crippen molar-refractivity contribution in [3.8, 4) is 10.8 Å². The van der Waals surface area contributed by atoms with Crippen molar-refractivity contribution in [1.29, 1.82) is 0 Å². The maximum absolute atomic E-state index is 13.2. The molecule has 1 N–H and O–H groups in total.